The average molecular weight is 532 g/mol. The van der Waals surface area contributed by atoms with Crippen LogP contribution in [0.1, 0.15) is 11.3 Å². The van der Waals surface area contributed by atoms with Crippen molar-refractivity contribution in [3.8, 4) is 28.3 Å². The zero-order valence-electron chi connectivity index (χ0n) is 21.7. The molecule has 2 atom stereocenters. The quantitative estimate of drug-likeness (QED) is 0.253. The molecule has 2 N–H and O–H groups in total. The van der Waals surface area contributed by atoms with Crippen LogP contribution in [0, 0.1) is 0 Å². The highest BCUT2D eigenvalue weighted by Crippen LogP contribution is 2.31. The number of rotatable bonds is 13. The summed E-state index contributed by atoms with van der Waals surface area (Å²) >= 11 is 0. The van der Waals surface area contributed by atoms with Gasteiger partial charge >= 0.3 is 0 Å². The summed E-state index contributed by atoms with van der Waals surface area (Å²) in [5.74, 6) is 1.39. The van der Waals surface area contributed by atoms with Crippen molar-refractivity contribution >= 4 is 0 Å². The molecular formula is C30H33N3O6. The third-order valence-electron chi connectivity index (χ3n) is 6.30. The maximum Gasteiger partial charge on any atom is 0.163 e. The van der Waals surface area contributed by atoms with E-state index >= 15 is 0 Å². The summed E-state index contributed by atoms with van der Waals surface area (Å²) in [6, 6.07) is 24.0. The molecule has 0 amide bonds. The molecule has 9 heteroatoms. The number of hydrogen-bond donors (Lipinski definition) is 2. The Hall–Kier alpha value is -3.76. The molecule has 0 saturated carbocycles. The van der Waals surface area contributed by atoms with Gasteiger partial charge in [0.05, 0.1) is 56.2 Å². The molecule has 4 aromatic rings. The van der Waals surface area contributed by atoms with Gasteiger partial charge in [-0.05, 0) is 28.8 Å². The Kier molecular flexibility index (Phi) is 9.18. The third-order valence-corrected chi connectivity index (χ3v) is 6.30. The van der Waals surface area contributed by atoms with E-state index in [2.05, 4.69) is 34.6 Å². The van der Waals surface area contributed by atoms with Crippen molar-refractivity contribution in [1.82, 2.24) is 15.0 Å². The largest absolute Gasteiger partial charge is 0.486 e. The fourth-order valence-electron chi connectivity index (χ4n) is 4.34. The number of ether oxygens (including phenoxy) is 4. The first-order chi connectivity index (χ1) is 19.1. The van der Waals surface area contributed by atoms with E-state index in [0.717, 1.165) is 16.8 Å². The maximum absolute atomic E-state index is 10.3. The summed E-state index contributed by atoms with van der Waals surface area (Å²) in [5, 5.41) is 28.9. The van der Waals surface area contributed by atoms with Gasteiger partial charge in [-0.3, -0.25) is 0 Å². The highest BCUT2D eigenvalue weighted by atomic mass is 16.6. The molecule has 0 aliphatic carbocycles. The SMILES string of the molecule is O[C@H](COCCOC[C@@H](O)Cc1cn(-c2ccc3c(c2)OCCO3)nn1)Cc1ccc(-c2ccccc2)cc1. The van der Waals surface area contributed by atoms with Gasteiger partial charge in [0.15, 0.2) is 11.5 Å². The fraction of sp³-hybridized carbons (Fsp3) is 0.333. The molecule has 5 rings (SSSR count). The number of nitrogens with zero attached hydrogens (tertiary/aromatic N) is 3. The van der Waals surface area contributed by atoms with E-state index in [9.17, 15) is 10.2 Å². The lowest BCUT2D eigenvalue weighted by molar-refractivity contribution is -0.0165. The van der Waals surface area contributed by atoms with Gasteiger partial charge in [-0.25, -0.2) is 4.68 Å². The van der Waals surface area contributed by atoms with Crippen molar-refractivity contribution in [1.29, 1.82) is 0 Å². The molecule has 0 fully saturated rings. The van der Waals surface area contributed by atoms with Crippen LogP contribution < -0.4 is 9.47 Å². The molecule has 0 bridgehead atoms. The van der Waals surface area contributed by atoms with Crippen LogP contribution in [0.3, 0.4) is 0 Å². The van der Waals surface area contributed by atoms with Crippen molar-refractivity contribution < 1.29 is 29.2 Å². The van der Waals surface area contributed by atoms with Crippen molar-refractivity contribution in [2.45, 2.75) is 25.0 Å². The van der Waals surface area contributed by atoms with Gasteiger partial charge in [-0.2, -0.15) is 0 Å². The summed E-state index contributed by atoms with van der Waals surface area (Å²) in [4.78, 5) is 0. The van der Waals surface area contributed by atoms with E-state index in [-0.39, 0.29) is 13.2 Å². The van der Waals surface area contributed by atoms with Crippen LogP contribution in [0.15, 0.2) is 79.0 Å². The predicted octanol–water partition coefficient (Wildman–Crippen LogP) is 3.25. The van der Waals surface area contributed by atoms with Crippen LogP contribution in [0.4, 0.5) is 0 Å². The molecule has 1 aliphatic rings. The summed E-state index contributed by atoms with van der Waals surface area (Å²) in [5.41, 5.74) is 4.82. The zero-order chi connectivity index (χ0) is 26.9. The standard InChI is InChI=1S/C30H33N3O6/c34-27(16-22-6-8-24(9-7-22)23-4-2-1-3-5-23)20-36-12-13-37-21-28(35)17-25-19-33(32-31-25)26-10-11-29-30(18-26)39-15-14-38-29/h1-11,18-19,27-28,34-35H,12-17,20-21H2/t27-,28-/m0/s1. The molecule has 3 aromatic carbocycles. The third kappa shape index (κ3) is 7.64. The Bertz CT molecular complexity index is 1310. The van der Waals surface area contributed by atoms with Crippen molar-refractivity contribution in [3.63, 3.8) is 0 Å². The monoisotopic (exact) mass is 531 g/mol. The minimum absolute atomic E-state index is 0.149. The molecule has 0 saturated heterocycles. The summed E-state index contributed by atoms with van der Waals surface area (Å²) in [7, 11) is 0. The highest BCUT2D eigenvalue weighted by Gasteiger charge is 2.15. The lowest BCUT2D eigenvalue weighted by atomic mass is 10.0. The van der Waals surface area contributed by atoms with Gasteiger partial charge in [-0.15, -0.1) is 5.10 Å². The second-order valence-corrected chi connectivity index (χ2v) is 9.41. The van der Waals surface area contributed by atoms with Crippen molar-refractivity contribution in [2.24, 2.45) is 0 Å². The predicted molar refractivity (Wildman–Crippen MR) is 145 cm³/mol. The summed E-state index contributed by atoms with van der Waals surface area (Å²) < 4.78 is 23.9. The first-order valence-corrected chi connectivity index (χ1v) is 13.1. The Labute approximate surface area is 227 Å². The van der Waals surface area contributed by atoms with Crippen LogP contribution in [-0.2, 0) is 22.3 Å². The Balaban J connectivity index is 0.963. The van der Waals surface area contributed by atoms with Crippen LogP contribution in [0.25, 0.3) is 16.8 Å². The first-order valence-electron chi connectivity index (χ1n) is 13.1. The molecule has 39 heavy (non-hydrogen) atoms. The van der Waals surface area contributed by atoms with Crippen molar-refractivity contribution in [3.05, 3.63) is 90.3 Å². The fourth-order valence-corrected chi connectivity index (χ4v) is 4.34. The van der Waals surface area contributed by atoms with Gasteiger partial charge in [0.2, 0.25) is 0 Å². The molecule has 1 aliphatic heterocycles. The van der Waals surface area contributed by atoms with Gasteiger partial charge in [0, 0.05) is 18.9 Å². The first kappa shape index (κ1) is 26.8. The minimum Gasteiger partial charge on any atom is -0.486 e. The van der Waals surface area contributed by atoms with Gasteiger partial charge in [-0.1, -0.05) is 59.8 Å². The van der Waals surface area contributed by atoms with Crippen LogP contribution in [-0.4, -0.2) is 77.1 Å². The topological polar surface area (TPSA) is 108 Å². The van der Waals surface area contributed by atoms with Gasteiger partial charge < -0.3 is 29.2 Å². The summed E-state index contributed by atoms with van der Waals surface area (Å²) in [6.07, 6.45) is 1.28. The molecule has 204 valence electrons. The Morgan fingerprint density at radius 3 is 2.18 bits per heavy atom. The molecular weight excluding hydrogens is 498 g/mol. The van der Waals surface area contributed by atoms with E-state index in [1.165, 1.54) is 5.56 Å². The number of aliphatic hydroxyl groups excluding tert-OH is 2. The smallest absolute Gasteiger partial charge is 0.163 e. The zero-order valence-corrected chi connectivity index (χ0v) is 21.7. The molecule has 9 nitrogen and oxygen atoms in total. The van der Waals surface area contributed by atoms with Gasteiger partial charge in [0.25, 0.3) is 0 Å². The van der Waals surface area contributed by atoms with E-state index in [1.54, 1.807) is 10.9 Å². The minimum atomic E-state index is -0.722. The second-order valence-electron chi connectivity index (χ2n) is 9.41. The van der Waals surface area contributed by atoms with Crippen LogP contribution in [0.5, 0.6) is 11.5 Å². The Morgan fingerprint density at radius 2 is 1.44 bits per heavy atom. The number of aliphatic hydroxyl groups is 2. The lowest BCUT2D eigenvalue weighted by Gasteiger charge is -2.18. The van der Waals surface area contributed by atoms with Crippen LogP contribution in [0.2, 0.25) is 0 Å². The van der Waals surface area contributed by atoms with Crippen LogP contribution >= 0.6 is 0 Å². The van der Waals surface area contributed by atoms with E-state index < -0.39 is 12.2 Å². The summed E-state index contributed by atoms with van der Waals surface area (Å²) in [6.45, 7) is 2.07. The Morgan fingerprint density at radius 1 is 0.769 bits per heavy atom. The number of fused-ring (bicyclic) bond motifs is 1. The van der Waals surface area contributed by atoms with Gasteiger partial charge in [0.1, 0.15) is 13.2 Å². The maximum atomic E-state index is 10.3. The average Bonchev–Trinajstić information content (AvgIpc) is 3.44. The molecule has 2 heterocycles. The normalized spacial score (nSPS) is 14.2. The molecule has 0 unspecified atom stereocenters. The lowest BCUT2D eigenvalue weighted by Crippen LogP contribution is -2.22. The molecule has 0 spiro atoms. The van der Waals surface area contributed by atoms with E-state index in [0.29, 0.717) is 56.5 Å². The van der Waals surface area contributed by atoms with Crippen molar-refractivity contribution in [2.75, 3.05) is 39.6 Å². The highest BCUT2D eigenvalue weighted by molar-refractivity contribution is 5.63. The molecule has 0 radical (unpaired) electrons. The van der Waals surface area contributed by atoms with E-state index in [1.807, 2.05) is 48.5 Å². The number of hydrogen-bond acceptors (Lipinski definition) is 8. The molecule has 1 aromatic heterocycles. The number of benzene rings is 3. The number of aromatic nitrogens is 3. The van der Waals surface area contributed by atoms with E-state index in [4.69, 9.17) is 18.9 Å². The second kappa shape index (κ2) is 13.3.